The van der Waals surface area contributed by atoms with Crippen LogP contribution in [0.15, 0.2) is 176 Å². The van der Waals surface area contributed by atoms with Gasteiger partial charge in [-0.15, -0.1) is 0 Å². The van der Waals surface area contributed by atoms with Gasteiger partial charge in [-0.2, -0.15) is 0 Å². The molecule has 0 bridgehead atoms. The fraction of sp³-hybridized carbons (Fsp3) is 0.0741. The largest absolute Gasteiger partial charge is 0.314 e. The van der Waals surface area contributed by atoms with Gasteiger partial charge in [-0.25, -0.2) is 0 Å². The van der Waals surface area contributed by atoms with Gasteiger partial charge in [0.15, 0.2) is 0 Å². The lowest BCUT2D eigenvalue weighted by molar-refractivity contribution is 1.02. The van der Waals surface area contributed by atoms with Crippen molar-refractivity contribution in [2.45, 2.75) is 27.7 Å². The monoisotopic (exact) mass is 756 g/mol. The Balaban J connectivity index is 1.21. The average Bonchev–Trinajstić information content (AvgIpc) is 3.71. The molecule has 12 rings (SSSR count). The Morgan fingerprint density at radius 1 is 0.424 bits per heavy atom. The van der Waals surface area contributed by atoms with Crippen LogP contribution in [0, 0.1) is 27.7 Å². The third-order valence-electron chi connectivity index (χ3n) is 13.3. The summed E-state index contributed by atoms with van der Waals surface area (Å²) in [5.41, 5.74) is 21.4. The number of nitrogens with zero attached hydrogens (tertiary/aromatic N) is 4. The fourth-order valence-electron chi connectivity index (χ4n) is 10.5. The van der Waals surface area contributed by atoms with Gasteiger partial charge in [0.2, 0.25) is 0 Å². The Hall–Kier alpha value is -7.24. The van der Waals surface area contributed by atoms with Gasteiger partial charge in [0.05, 0.1) is 28.1 Å². The second kappa shape index (κ2) is 12.6. The lowest BCUT2D eigenvalue weighted by Crippen LogP contribution is -2.59. The van der Waals surface area contributed by atoms with Crippen molar-refractivity contribution < 1.29 is 0 Å². The standard InChI is InChI=1S/C54H41BN4/c1-34-36(3)56-48-33-38-19-17-18-28-43(38)52-51(48)55(44-29-31-46(49(34)53(44)56)58(39-20-9-5-10-21-39)40-22-11-6-12-23-40)45-30-32-47(50-35(2)37(4)57(52)54(45)50)59(41-24-13-7-14-25-41)42-26-15-8-16-27-42/h5-33H,1-4H3. The zero-order chi connectivity index (χ0) is 39.5. The summed E-state index contributed by atoms with van der Waals surface area (Å²) in [6.07, 6.45) is 0. The van der Waals surface area contributed by atoms with Gasteiger partial charge in [0.25, 0.3) is 6.71 Å². The Kier molecular flexibility index (Phi) is 7.25. The van der Waals surface area contributed by atoms with Gasteiger partial charge in [0, 0.05) is 56.0 Å². The molecule has 0 unspecified atom stereocenters. The van der Waals surface area contributed by atoms with Gasteiger partial charge >= 0.3 is 0 Å². The number of anilines is 6. The number of para-hydroxylation sites is 4. The van der Waals surface area contributed by atoms with Crippen molar-refractivity contribution in [1.29, 1.82) is 0 Å². The summed E-state index contributed by atoms with van der Waals surface area (Å²) >= 11 is 0. The molecule has 0 saturated heterocycles. The van der Waals surface area contributed by atoms with E-state index in [9.17, 15) is 0 Å². The molecule has 2 aliphatic rings. The van der Waals surface area contributed by atoms with Crippen molar-refractivity contribution in [2.75, 3.05) is 9.80 Å². The van der Waals surface area contributed by atoms with Gasteiger partial charge in [0.1, 0.15) is 0 Å². The molecule has 10 aromatic rings. The van der Waals surface area contributed by atoms with Crippen LogP contribution in [0.25, 0.3) is 44.0 Å². The van der Waals surface area contributed by atoms with Crippen LogP contribution in [0.5, 0.6) is 0 Å². The highest BCUT2D eigenvalue weighted by molar-refractivity contribution is 7.00. The number of benzene rings is 8. The first-order valence-electron chi connectivity index (χ1n) is 20.7. The Bertz CT molecular complexity index is 3230. The second-order valence-electron chi connectivity index (χ2n) is 16.2. The van der Waals surface area contributed by atoms with E-state index in [1.54, 1.807) is 0 Å². The van der Waals surface area contributed by atoms with Gasteiger partial charge in [-0.05, 0) is 127 Å². The van der Waals surface area contributed by atoms with E-state index in [1.807, 2.05) is 0 Å². The molecule has 59 heavy (non-hydrogen) atoms. The summed E-state index contributed by atoms with van der Waals surface area (Å²) in [4.78, 5) is 4.87. The first-order valence-corrected chi connectivity index (χ1v) is 20.7. The van der Waals surface area contributed by atoms with Gasteiger partial charge in [-0.1, -0.05) is 109 Å². The van der Waals surface area contributed by atoms with E-state index in [-0.39, 0.29) is 6.71 Å². The molecule has 0 spiro atoms. The third kappa shape index (κ3) is 4.61. The van der Waals surface area contributed by atoms with E-state index in [0.717, 1.165) is 22.7 Å². The lowest BCUT2D eigenvalue weighted by atomic mass is 9.34. The topological polar surface area (TPSA) is 16.3 Å². The fourth-order valence-corrected chi connectivity index (χ4v) is 10.5. The highest BCUT2D eigenvalue weighted by Gasteiger charge is 2.43. The molecule has 0 fully saturated rings. The normalized spacial score (nSPS) is 12.4. The van der Waals surface area contributed by atoms with E-state index in [1.165, 1.54) is 94.2 Å². The van der Waals surface area contributed by atoms with Crippen LogP contribution in [0.3, 0.4) is 0 Å². The first-order chi connectivity index (χ1) is 29.0. The van der Waals surface area contributed by atoms with Crippen LogP contribution in [-0.4, -0.2) is 15.8 Å². The molecule has 0 aliphatic carbocycles. The van der Waals surface area contributed by atoms with Crippen LogP contribution in [0.1, 0.15) is 22.5 Å². The lowest BCUT2D eigenvalue weighted by Gasteiger charge is -2.36. The van der Waals surface area contributed by atoms with Crippen molar-refractivity contribution in [3.63, 3.8) is 0 Å². The molecule has 0 saturated carbocycles. The molecule has 0 N–H and O–H groups in total. The third-order valence-corrected chi connectivity index (χ3v) is 13.3. The summed E-state index contributed by atoms with van der Waals surface area (Å²) < 4.78 is 5.21. The van der Waals surface area contributed by atoms with E-state index in [0.29, 0.717) is 0 Å². The molecule has 4 heterocycles. The maximum atomic E-state index is 2.62. The van der Waals surface area contributed by atoms with E-state index in [4.69, 9.17) is 0 Å². The molecule has 0 radical (unpaired) electrons. The molecule has 4 nitrogen and oxygen atoms in total. The van der Waals surface area contributed by atoms with Crippen molar-refractivity contribution in [3.05, 3.63) is 198 Å². The van der Waals surface area contributed by atoms with Crippen molar-refractivity contribution in [2.24, 2.45) is 0 Å². The Morgan fingerprint density at radius 3 is 1.31 bits per heavy atom. The molecule has 5 heteroatoms. The molecule has 2 aromatic heterocycles. The van der Waals surface area contributed by atoms with Crippen LogP contribution in [-0.2, 0) is 0 Å². The van der Waals surface area contributed by atoms with Gasteiger partial charge in [-0.3, -0.25) is 0 Å². The summed E-state index contributed by atoms with van der Waals surface area (Å²) in [6.45, 7) is 9.31. The van der Waals surface area contributed by atoms with Crippen LogP contribution in [0.4, 0.5) is 34.1 Å². The molecule has 2 aliphatic heterocycles. The van der Waals surface area contributed by atoms with E-state index < -0.39 is 0 Å². The summed E-state index contributed by atoms with van der Waals surface area (Å²) in [5, 5.41) is 5.14. The molecule has 0 atom stereocenters. The minimum atomic E-state index is 0.0314. The highest BCUT2D eigenvalue weighted by atomic mass is 15.2. The minimum Gasteiger partial charge on any atom is -0.314 e. The average molecular weight is 757 g/mol. The molecule has 8 aromatic carbocycles. The first kappa shape index (κ1) is 33.9. The minimum absolute atomic E-state index is 0.0314. The number of rotatable bonds is 6. The molecule has 280 valence electrons. The SMILES string of the molecule is Cc1c(C)n2c3c(ccc(N(c4ccccc4)c4ccccc4)c13)B1c3c-2cc2ccccc2c3-n2c(C)c(C)c3c(N(c4ccccc4)c4ccccc4)ccc1c32. The second-order valence-corrected chi connectivity index (χ2v) is 16.2. The predicted octanol–water partition coefficient (Wildman–Crippen LogP) is 12.0. The van der Waals surface area contributed by atoms with Crippen LogP contribution >= 0.6 is 0 Å². The van der Waals surface area contributed by atoms with Crippen molar-refractivity contribution >= 4 is 89.8 Å². The molecular formula is C54H41BN4. The van der Waals surface area contributed by atoms with Crippen LogP contribution in [0.2, 0.25) is 0 Å². The molecule has 0 amide bonds. The zero-order valence-corrected chi connectivity index (χ0v) is 33.6. The predicted molar refractivity (Wildman–Crippen MR) is 251 cm³/mol. The summed E-state index contributed by atoms with van der Waals surface area (Å²) in [5.74, 6) is 0. The van der Waals surface area contributed by atoms with Crippen molar-refractivity contribution in [1.82, 2.24) is 9.13 Å². The maximum absolute atomic E-state index is 2.62. The maximum Gasteiger partial charge on any atom is 0.252 e. The number of aromatic nitrogens is 2. The summed E-state index contributed by atoms with van der Waals surface area (Å²) in [6, 6.07) is 64.4. The van der Waals surface area contributed by atoms with E-state index in [2.05, 4.69) is 223 Å². The molecular weight excluding hydrogens is 715 g/mol. The number of hydrogen-bond donors (Lipinski definition) is 0. The number of aryl methyl sites for hydroxylation is 2. The quantitative estimate of drug-likeness (QED) is 0.157. The number of hydrogen-bond acceptors (Lipinski definition) is 2. The number of fused-ring (bicyclic) bond motifs is 6. The highest BCUT2D eigenvalue weighted by Crippen LogP contribution is 2.47. The Labute approximate surface area is 344 Å². The van der Waals surface area contributed by atoms with Crippen LogP contribution < -0.4 is 26.2 Å². The van der Waals surface area contributed by atoms with Gasteiger partial charge < -0.3 is 18.9 Å². The summed E-state index contributed by atoms with van der Waals surface area (Å²) in [7, 11) is 0. The van der Waals surface area contributed by atoms with Crippen molar-refractivity contribution in [3.8, 4) is 11.4 Å². The smallest absolute Gasteiger partial charge is 0.252 e. The Morgan fingerprint density at radius 2 is 0.831 bits per heavy atom. The van der Waals surface area contributed by atoms with E-state index >= 15 is 0 Å². The zero-order valence-electron chi connectivity index (χ0n) is 33.6.